The average molecular weight is 393 g/mol. The highest BCUT2D eigenvalue weighted by Crippen LogP contribution is 2.42. The Kier molecular flexibility index (Phi) is 4.24. The highest BCUT2D eigenvalue weighted by molar-refractivity contribution is 7.92. The van der Waals surface area contributed by atoms with Gasteiger partial charge in [0.2, 0.25) is 10.0 Å². The van der Waals surface area contributed by atoms with E-state index in [-0.39, 0.29) is 0 Å². The van der Waals surface area contributed by atoms with Crippen molar-refractivity contribution in [3.05, 3.63) is 29.0 Å². The number of rotatable bonds is 5. The molecule has 1 saturated carbocycles. The van der Waals surface area contributed by atoms with E-state index in [1.807, 2.05) is 13.0 Å². The van der Waals surface area contributed by atoms with Gasteiger partial charge in [-0.15, -0.1) is 0 Å². The number of hydrogen-bond acceptors (Lipinski definition) is 6. The first kappa shape index (κ1) is 17.8. The van der Waals surface area contributed by atoms with Gasteiger partial charge in [-0.2, -0.15) is 0 Å². The van der Waals surface area contributed by atoms with Gasteiger partial charge in [0.15, 0.2) is 5.13 Å². The second-order valence-corrected chi connectivity index (χ2v) is 10.3. The van der Waals surface area contributed by atoms with Gasteiger partial charge in [-0.05, 0) is 61.4 Å². The Morgan fingerprint density at radius 3 is 2.65 bits per heavy atom. The number of fused-ring (bicyclic) bond motifs is 1. The minimum Gasteiger partial charge on any atom is -0.375 e. The van der Waals surface area contributed by atoms with Crippen LogP contribution in [-0.2, 0) is 23.1 Å². The molecule has 6 nitrogen and oxygen atoms in total. The van der Waals surface area contributed by atoms with Gasteiger partial charge < -0.3 is 5.73 Å². The number of hydrogen-bond donors (Lipinski definition) is 2. The molecule has 4 rings (SSSR count). The third-order valence-electron chi connectivity index (χ3n) is 5.33. The second kappa shape index (κ2) is 6.21. The Morgan fingerprint density at radius 1 is 1.35 bits per heavy atom. The van der Waals surface area contributed by atoms with E-state index < -0.39 is 10.0 Å². The van der Waals surface area contributed by atoms with Crippen LogP contribution >= 0.6 is 11.3 Å². The van der Waals surface area contributed by atoms with Crippen molar-refractivity contribution in [1.82, 2.24) is 9.88 Å². The number of anilines is 2. The van der Waals surface area contributed by atoms with Gasteiger partial charge >= 0.3 is 0 Å². The summed E-state index contributed by atoms with van der Waals surface area (Å²) in [5.41, 5.74) is 10.7. The Bertz CT molecular complexity index is 964. The minimum absolute atomic E-state index is 0.526. The highest BCUT2D eigenvalue weighted by Gasteiger charge is 2.35. The number of benzene rings is 1. The molecule has 1 aromatic carbocycles. The molecule has 0 saturated heterocycles. The van der Waals surface area contributed by atoms with Crippen LogP contribution in [0.2, 0.25) is 0 Å². The summed E-state index contributed by atoms with van der Waals surface area (Å²) in [6, 6.07) is 4.62. The number of nitrogens with two attached hydrogens (primary N) is 1. The quantitative estimate of drug-likeness (QED) is 0.816. The van der Waals surface area contributed by atoms with Crippen LogP contribution in [-0.4, -0.2) is 30.6 Å². The summed E-state index contributed by atoms with van der Waals surface area (Å²) in [6.45, 7) is 5.85. The van der Waals surface area contributed by atoms with Gasteiger partial charge in [0.1, 0.15) is 0 Å². The molecule has 2 aliphatic rings. The summed E-state index contributed by atoms with van der Waals surface area (Å²) in [6.07, 6.45) is 3.79. The number of sulfonamides is 1. The molecule has 3 N–H and O–H groups in total. The van der Waals surface area contributed by atoms with Crippen molar-refractivity contribution < 1.29 is 8.42 Å². The van der Waals surface area contributed by atoms with Crippen LogP contribution in [0.4, 0.5) is 10.8 Å². The molecular weight excluding hydrogens is 368 g/mol. The molecule has 1 fully saturated rings. The third-order valence-corrected chi connectivity index (χ3v) is 6.95. The lowest BCUT2D eigenvalue weighted by Gasteiger charge is -2.23. The van der Waals surface area contributed by atoms with Crippen LogP contribution in [0.25, 0.3) is 10.4 Å². The van der Waals surface area contributed by atoms with Gasteiger partial charge in [0.05, 0.1) is 22.5 Å². The van der Waals surface area contributed by atoms with Crippen molar-refractivity contribution in [2.75, 3.05) is 16.7 Å². The maximum atomic E-state index is 11.9. The molecular formula is C18H24N4O2S2. The lowest BCUT2D eigenvalue weighted by molar-refractivity contribution is 0.192. The van der Waals surface area contributed by atoms with E-state index in [1.54, 1.807) is 0 Å². The van der Waals surface area contributed by atoms with E-state index in [9.17, 15) is 8.42 Å². The van der Waals surface area contributed by atoms with Gasteiger partial charge in [0, 0.05) is 19.1 Å². The smallest absolute Gasteiger partial charge is 0.229 e. The van der Waals surface area contributed by atoms with Crippen LogP contribution in [0, 0.1) is 12.8 Å². The summed E-state index contributed by atoms with van der Waals surface area (Å²) in [5, 5.41) is 0.527. The normalized spacial score (nSPS) is 18.7. The third kappa shape index (κ3) is 3.45. The van der Waals surface area contributed by atoms with Crippen LogP contribution < -0.4 is 10.5 Å². The van der Waals surface area contributed by atoms with Crippen molar-refractivity contribution in [2.45, 2.75) is 45.8 Å². The van der Waals surface area contributed by atoms with Crippen molar-refractivity contribution in [3.8, 4) is 10.4 Å². The van der Waals surface area contributed by atoms with Crippen LogP contribution in [0.1, 0.15) is 36.6 Å². The molecule has 0 bridgehead atoms. The lowest BCUT2D eigenvalue weighted by Crippen LogP contribution is -2.29. The monoisotopic (exact) mass is 392 g/mol. The molecule has 0 radical (unpaired) electrons. The van der Waals surface area contributed by atoms with Crippen molar-refractivity contribution in [3.63, 3.8) is 0 Å². The molecule has 0 amide bonds. The molecule has 140 valence electrons. The molecule has 1 atom stereocenters. The predicted octanol–water partition coefficient (Wildman–Crippen LogP) is 3.19. The number of nitrogen functional groups attached to an aromatic ring is 1. The Morgan fingerprint density at radius 2 is 2.08 bits per heavy atom. The minimum atomic E-state index is -3.35. The van der Waals surface area contributed by atoms with E-state index in [0.29, 0.717) is 16.9 Å². The van der Waals surface area contributed by atoms with Crippen LogP contribution in [0.15, 0.2) is 12.1 Å². The molecule has 26 heavy (non-hydrogen) atoms. The average Bonchev–Trinajstić information content (AvgIpc) is 3.20. The molecule has 1 aliphatic carbocycles. The molecule has 1 aromatic heterocycles. The first-order chi connectivity index (χ1) is 12.2. The summed E-state index contributed by atoms with van der Waals surface area (Å²) >= 11 is 1.44. The highest BCUT2D eigenvalue weighted by atomic mass is 32.2. The van der Waals surface area contributed by atoms with Gasteiger partial charge in [-0.3, -0.25) is 9.62 Å². The fourth-order valence-electron chi connectivity index (χ4n) is 3.81. The van der Waals surface area contributed by atoms with E-state index in [0.717, 1.165) is 40.7 Å². The topological polar surface area (TPSA) is 88.3 Å². The summed E-state index contributed by atoms with van der Waals surface area (Å²) in [7, 11) is -3.35. The molecule has 2 aromatic rings. The summed E-state index contributed by atoms with van der Waals surface area (Å²) < 4.78 is 26.5. The molecule has 8 heteroatoms. The SMILES string of the molecule is Cc1nc(N)sc1-c1cc2c(c(NS(C)(=O)=O)c1)CN([C@@H](C)C1CC1)C2. The molecule has 0 unspecified atom stereocenters. The van der Waals surface area contributed by atoms with E-state index >= 15 is 0 Å². The van der Waals surface area contributed by atoms with E-state index in [4.69, 9.17) is 5.73 Å². The largest absolute Gasteiger partial charge is 0.375 e. The number of aromatic nitrogens is 1. The zero-order chi connectivity index (χ0) is 18.6. The zero-order valence-corrected chi connectivity index (χ0v) is 16.9. The fourth-order valence-corrected chi connectivity index (χ4v) is 5.21. The molecule has 2 heterocycles. The van der Waals surface area contributed by atoms with Gasteiger partial charge in [0.25, 0.3) is 0 Å². The van der Waals surface area contributed by atoms with Crippen molar-refractivity contribution in [2.24, 2.45) is 5.92 Å². The second-order valence-electron chi connectivity index (χ2n) is 7.49. The number of nitrogens with one attached hydrogen (secondary N) is 1. The van der Waals surface area contributed by atoms with E-state index in [2.05, 4.69) is 27.6 Å². The zero-order valence-electron chi connectivity index (χ0n) is 15.2. The van der Waals surface area contributed by atoms with E-state index in [1.165, 1.54) is 36.0 Å². The first-order valence-electron chi connectivity index (χ1n) is 8.82. The van der Waals surface area contributed by atoms with Crippen molar-refractivity contribution in [1.29, 1.82) is 0 Å². The van der Waals surface area contributed by atoms with Gasteiger partial charge in [-0.1, -0.05) is 11.3 Å². The van der Waals surface area contributed by atoms with Gasteiger partial charge in [-0.25, -0.2) is 13.4 Å². The Labute approximate surface area is 158 Å². The molecule has 1 aliphatic heterocycles. The summed E-state index contributed by atoms with van der Waals surface area (Å²) in [4.78, 5) is 7.75. The van der Waals surface area contributed by atoms with Crippen LogP contribution in [0.3, 0.4) is 0 Å². The Hall–Kier alpha value is -1.64. The number of thiazole rings is 1. The first-order valence-corrected chi connectivity index (χ1v) is 11.5. The summed E-state index contributed by atoms with van der Waals surface area (Å²) in [5.74, 6) is 0.777. The number of aryl methyl sites for hydroxylation is 1. The lowest BCUT2D eigenvalue weighted by atomic mass is 10.0. The fraction of sp³-hybridized carbons (Fsp3) is 0.500. The Balaban J connectivity index is 1.76. The number of nitrogens with zero attached hydrogens (tertiary/aromatic N) is 2. The van der Waals surface area contributed by atoms with Crippen molar-refractivity contribution >= 4 is 32.2 Å². The maximum absolute atomic E-state index is 11.9. The predicted molar refractivity (Wildman–Crippen MR) is 107 cm³/mol. The maximum Gasteiger partial charge on any atom is 0.229 e. The van der Waals surface area contributed by atoms with Crippen LogP contribution in [0.5, 0.6) is 0 Å². The molecule has 0 spiro atoms. The standard InChI is InChI=1S/C18H24N4O2S2/c1-10-17(25-18(19)20-10)13-6-14-8-22(11(2)12-4-5-12)9-15(14)16(7-13)21-26(3,23)24/h6-7,11-12,21H,4-5,8-9H2,1-3H3,(H2,19,20)/t11-/m0/s1.